The zero-order chi connectivity index (χ0) is 22.5. The number of nitro groups is 2. The van der Waals surface area contributed by atoms with Crippen LogP contribution in [-0.2, 0) is 4.74 Å². The van der Waals surface area contributed by atoms with Gasteiger partial charge >= 0.3 is 11.9 Å². The molecule has 2 aromatic carbocycles. The Morgan fingerprint density at radius 2 is 1.27 bits per heavy atom. The number of carboxylic acid groups (broad SMARTS) is 1. The van der Waals surface area contributed by atoms with E-state index >= 15 is 0 Å². The third kappa shape index (κ3) is 5.82. The molecule has 0 heterocycles. The summed E-state index contributed by atoms with van der Waals surface area (Å²) in [5.41, 5.74) is -2.90. The van der Waals surface area contributed by atoms with E-state index in [9.17, 15) is 38.6 Å². The Balaban J connectivity index is 0.000000544. The number of nitrogens with zero attached hydrogens (tertiary/aromatic N) is 2. The Morgan fingerprint density at radius 1 is 0.900 bits per heavy atom. The van der Waals surface area contributed by atoms with E-state index < -0.39 is 67.4 Å². The minimum absolute atomic E-state index is 0. The smallest absolute Gasteiger partial charge is 0.345 e. The maximum Gasteiger partial charge on any atom is 0.345 e. The Bertz CT molecular complexity index is 971. The van der Waals surface area contributed by atoms with Gasteiger partial charge in [-0.25, -0.2) is 18.4 Å². The minimum atomic E-state index is -1.60. The number of ether oxygens (including phenoxy) is 1. The second-order valence-corrected chi connectivity index (χ2v) is 4.95. The molecule has 0 aliphatic rings. The molecule has 0 aromatic heterocycles. The monoisotopic (exact) mass is 432 g/mol. The first-order valence-corrected chi connectivity index (χ1v) is 7.06. The highest BCUT2D eigenvalue weighted by atomic mass is 19.1. The number of carboxylic acids is 1. The summed E-state index contributed by atoms with van der Waals surface area (Å²) < 4.78 is 29.7. The molecule has 0 bridgehead atoms. The Hall–Kier alpha value is -4.36. The molecule has 0 unspecified atom stereocenters. The summed E-state index contributed by atoms with van der Waals surface area (Å²) in [5.74, 6) is -6.81. The summed E-state index contributed by atoms with van der Waals surface area (Å²) in [6, 6.07) is 1.97. The van der Waals surface area contributed by atoms with Crippen molar-refractivity contribution in [2.75, 3.05) is 7.11 Å². The summed E-state index contributed by atoms with van der Waals surface area (Å²) in [6.07, 6.45) is 0. The molecule has 0 aliphatic carbocycles. The van der Waals surface area contributed by atoms with Crippen molar-refractivity contribution in [3.05, 3.63) is 67.3 Å². The van der Waals surface area contributed by atoms with Gasteiger partial charge in [0.05, 0.1) is 29.1 Å². The van der Waals surface area contributed by atoms with Crippen LogP contribution in [0.1, 0.15) is 28.1 Å². The quantitative estimate of drug-likeness (QED) is 0.368. The summed E-state index contributed by atoms with van der Waals surface area (Å²) in [6.45, 7) is 0. The molecule has 12 nitrogen and oxygen atoms in total. The summed E-state index contributed by atoms with van der Waals surface area (Å²) in [7, 11) is 1.02. The Kier molecular flexibility index (Phi) is 8.77. The van der Waals surface area contributed by atoms with Crippen LogP contribution in [0, 0.1) is 31.9 Å². The zero-order valence-corrected chi connectivity index (χ0v) is 14.2. The van der Waals surface area contributed by atoms with Crippen molar-refractivity contribution in [2.45, 2.75) is 7.43 Å². The van der Waals surface area contributed by atoms with Crippen molar-refractivity contribution < 1.29 is 48.3 Å². The number of methoxy groups -OCH3 is 1. The number of carbonyl (C=O) groups excluding carboxylic acids is 1. The normalized spacial score (nSPS) is 9.43. The third-order valence-electron chi connectivity index (χ3n) is 3.16. The Labute approximate surface area is 165 Å². The number of hydrogen-bond donors (Lipinski definition) is 3. The van der Waals surface area contributed by atoms with Gasteiger partial charge in [-0.15, -0.1) is 0 Å². The van der Waals surface area contributed by atoms with E-state index in [1.807, 2.05) is 0 Å². The van der Waals surface area contributed by atoms with Crippen molar-refractivity contribution in [2.24, 2.45) is 0 Å². The van der Waals surface area contributed by atoms with Gasteiger partial charge in [-0.2, -0.15) is 0 Å². The molecule has 14 heteroatoms. The third-order valence-corrected chi connectivity index (χ3v) is 3.16. The standard InChI is InChI=1S/C8H6FNO5.C7H4FNO5.CH4/c1-15-8(12)4-2-7(11)5(9)3-6(4)10(13)14;8-4-2-5(9(13)14)3(7(11)12)1-6(4)10;/h2-3,11H,1H3;1-2,10H,(H,11,12);1H4. The van der Waals surface area contributed by atoms with Crippen LogP contribution in [0.4, 0.5) is 20.2 Å². The van der Waals surface area contributed by atoms with Gasteiger partial charge < -0.3 is 20.1 Å². The predicted molar refractivity (Wildman–Crippen MR) is 94.5 cm³/mol. The highest BCUT2D eigenvalue weighted by Gasteiger charge is 2.24. The molecule has 0 aliphatic heterocycles. The zero-order valence-electron chi connectivity index (χ0n) is 14.2. The average Bonchev–Trinajstić information content (AvgIpc) is 2.64. The van der Waals surface area contributed by atoms with Crippen molar-refractivity contribution in [3.63, 3.8) is 0 Å². The van der Waals surface area contributed by atoms with Gasteiger partial charge in [0.25, 0.3) is 11.4 Å². The maximum absolute atomic E-state index is 12.8. The SMILES string of the molecule is C.COC(=O)c1cc(O)c(F)cc1[N+](=O)[O-].O=C(O)c1cc(O)c(F)cc1[N+](=O)[O-]. The first-order chi connectivity index (χ1) is 13.4. The number of halogens is 2. The van der Waals surface area contributed by atoms with Gasteiger partial charge in [-0.1, -0.05) is 7.43 Å². The summed E-state index contributed by atoms with van der Waals surface area (Å²) >= 11 is 0. The summed E-state index contributed by atoms with van der Waals surface area (Å²) in [5, 5.41) is 47.0. The van der Waals surface area contributed by atoms with E-state index in [1.165, 1.54) is 0 Å². The molecular formula is C16H14F2N2O10. The molecule has 162 valence electrons. The fraction of sp³-hybridized carbons (Fsp3) is 0.125. The number of nitro benzene ring substituents is 2. The van der Waals surface area contributed by atoms with Crippen LogP contribution in [0.25, 0.3) is 0 Å². The number of phenols is 2. The highest BCUT2D eigenvalue weighted by molar-refractivity contribution is 5.94. The number of rotatable bonds is 4. The largest absolute Gasteiger partial charge is 0.505 e. The van der Waals surface area contributed by atoms with Gasteiger partial charge in [0.2, 0.25) is 0 Å². The first-order valence-electron chi connectivity index (χ1n) is 7.06. The second kappa shape index (κ2) is 10.3. The van der Waals surface area contributed by atoms with Crippen LogP contribution >= 0.6 is 0 Å². The lowest BCUT2D eigenvalue weighted by Crippen LogP contribution is -2.06. The lowest BCUT2D eigenvalue weighted by molar-refractivity contribution is -0.385. The number of benzene rings is 2. The van der Waals surface area contributed by atoms with Crippen LogP contribution < -0.4 is 0 Å². The van der Waals surface area contributed by atoms with Crippen LogP contribution in [-0.4, -0.2) is 44.2 Å². The first kappa shape index (κ1) is 25.6. The average molecular weight is 432 g/mol. The number of aromatic hydroxyl groups is 2. The molecule has 0 fully saturated rings. The molecule has 0 radical (unpaired) electrons. The van der Waals surface area contributed by atoms with Gasteiger partial charge in [-0.05, 0) is 0 Å². The minimum Gasteiger partial charge on any atom is -0.505 e. The number of phenolic OH excluding ortho intramolecular Hbond substituents is 2. The van der Waals surface area contributed by atoms with Crippen molar-refractivity contribution in [3.8, 4) is 11.5 Å². The molecule has 30 heavy (non-hydrogen) atoms. The lowest BCUT2D eigenvalue weighted by atomic mass is 10.1. The van der Waals surface area contributed by atoms with Crippen LogP contribution in [0.3, 0.4) is 0 Å². The lowest BCUT2D eigenvalue weighted by Gasteiger charge is -2.02. The molecule has 2 rings (SSSR count). The highest BCUT2D eigenvalue weighted by Crippen LogP contribution is 2.27. The molecule has 0 saturated carbocycles. The number of carbonyl (C=O) groups is 2. The van der Waals surface area contributed by atoms with Gasteiger partial charge in [0.1, 0.15) is 11.1 Å². The fourth-order valence-electron chi connectivity index (χ4n) is 1.85. The number of aromatic carboxylic acids is 1. The number of hydrogen-bond acceptors (Lipinski definition) is 9. The van der Waals surface area contributed by atoms with Gasteiger partial charge in [0.15, 0.2) is 23.1 Å². The molecule has 3 N–H and O–H groups in total. The topological polar surface area (TPSA) is 190 Å². The molecular weight excluding hydrogens is 418 g/mol. The second-order valence-electron chi connectivity index (χ2n) is 4.95. The van der Waals surface area contributed by atoms with Crippen molar-refractivity contribution in [1.82, 2.24) is 0 Å². The van der Waals surface area contributed by atoms with Crippen molar-refractivity contribution in [1.29, 1.82) is 0 Å². The van der Waals surface area contributed by atoms with Gasteiger partial charge in [0, 0.05) is 12.1 Å². The Morgan fingerprint density at radius 3 is 1.60 bits per heavy atom. The maximum atomic E-state index is 12.8. The van der Waals surface area contributed by atoms with Gasteiger partial charge in [-0.3, -0.25) is 20.2 Å². The van der Waals surface area contributed by atoms with Crippen LogP contribution in [0.2, 0.25) is 0 Å². The predicted octanol–water partition coefficient (Wildman–Crippen LogP) is 3.00. The van der Waals surface area contributed by atoms with Crippen LogP contribution in [0.5, 0.6) is 11.5 Å². The number of esters is 1. The van der Waals surface area contributed by atoms with E-state index in [1.54, 1.807) is 0 Å². The molecule has 0 spiro atoms. The van der Waals surface area contributed by atoms with Crippen molar-refractivity contribution >= 4 is 23.3 Å². The molecule has 0 amide bonds. The summed E-state index contributed by atoms with van der Waals surface area (Å²) in [4.78, 5) is 40.3. The fourth-order valence-corrected chi connectivity index (χ4v) is 1.85. The van der Waals surface area contributed by atoms with E-state index in [0.29, 0.717) is 24.3 Å². The molecule has 0 atom stereocenters. The van der Waals surface area contributed by atoms with E-state index in [0.717, 1.165) is 7.11 Å². The van der Waals surface area contributed by atoms with E-state index in [2.05, 4.69) is 4.74 Å². The molecule has 2 aromatic rings. The van der Waals surface area contributed by atoms with E-state index in [4.69, 9.17) is 15.3 Å². The van der Waals surface area contributed by atoms with Crippen LogP contribution in [0.15, 0.2) is 24.3 Å². The molecule has 0 saturated heterocycles. The van der Waals surface area contributed by atoms with E-state index in [-0.39, 0.29) is 7.43 Å².